The van der Waals surface area contributed by atoms with Crippen molar-refractivity contribution in [1.29, 1.82) is 5.26 Å². The van der Waals surface area contributed by atoms with Crippen molar-refractivity contribution < 1.29 is 4.79 Å². The molecule has 128 valence electrons. The standard InChI is InChI=1S/C22H19N3O/c1-16-8-6-7-11-21(16)24-22(26)18(15-23)14-20-13-12-17(2)25(20)19-9-4-3-5-10-19/h3-14H,1-2H3,(H,24,26)/b18-14-. The second-order valence-corrected chi connectivity index (χ2v) is 6.01. The van der Waals surface area contributed by atoms with Crippen LogP contribution in [-0.2, 0) is 4.79 Å². The number of nitriles is 1. The van der Waals surface area contributed by atoms with Gasteiger partial charge in [0.1, 0.15) is 11.6 Å². The quantitative estimate of drug-likeness (QED) is 0.555. The highest BCUT2D eigenvalue weighted by Gasteiger charge is 2.13. The number of carbonyl (C=O) groups excluding carboxylic acids is 1. The van der Waals surface area contributed by atoms with E-state index in [1.165, 1.54) is 0 Å². The maximum atomic E-state index is 12.5. The summed E-state index contributed by atoms with van der Waals surface area (Å²) >= 11 is 0. The molecule has 0 aliphatic carbocycles. The lowest BCUT2D eigenvalue weighted by molar-refractivity contribution is -0.112. The molecule has 1 amide bonds. The van der Waals surface area contributed by atoms with Gasteiger partial charge in [0.05, 0.1) is 0 Å². The fraction of sp³-hybridized carbons (Fsp3) is 0.0909. The van der Waals surface area contributed by atoms with E-state index >= 15 is 0 Å². The predicted molar refractivity (Wildman–Crippen MR) is 104 cm³/mol. The number of amides is 1. The minimum atomic E-state index is -0.416. The van der Waals surface area contributed by atoms with Crippen LogP contribution >= 0.6 is 0 Å². The van der Waals surface area contributed by atoms with Gasteiger partial charge in [0.25, 0.3) is 5.91 Å². The van der Waals surface area contributed by atoms with Gasteiger partial charge in [-0.15, -0.1) is 0 Å². The molecule has 1 N–H and O–H groups in total. The van der Waals surface area contributed by atoms with E-state index in [0.717, 1.165) is 22.6 Å². The molecule has 4 heteroatoms. The van der Waals surface area contributed by atoms with E-state index in [0.29, 0.717) is 5.69 Å². The minimum Gasteiger partial charge on any atom is -0.321 e. The first-order valence-corrected chi connectivity index (χ1v) is 8.32. The second-order valence-electron chi connectivity index (χ2n) is 6.01. The van der Waals surface area contributed by atoms with Crippen LogP contribution in [0.25, 0.3) is 11.8 Å². The Balaban J connectivity index is 1.95. The molecule has 4 nitrogen and oxygen atoms in total. The molecule has 3 aromatic rings. The van der Waals surface area contributed by atoms with E-state index in [1.54, 1.807) is 6.08 Å². The topological polar surface area (TPSA) is 57.8 Å². The minimum absolute atomic E-state index is 0.0588. The lowest BCUT2D eigenvalue weighted by atomic mass is 10.1. The van der Waals surface area contributed by atoms with Gasteiger partial charge in [-0.05, 0) is 55.8 Å². The molecule has 0 unspecified atom stereocenters. The number of nitrogens with one attached hydrogen (secondary N) is 1. The molecule has 2 aromatic carbocycles. The van der Waals surface area contributed by atoms with Crippen LogP contribution in [0.15, 0.2) is 72.3 Å². The Morgan fingerprint density at radius 2 is 1.69 bits per heavy atom. The van der Waals surface area contributed by atoms with Gasteiger partial charge >= 0.3 is 0 Å². The van der Waals surface area contributed by atoms with E-state index in [2.05, 4.69) is 5.32 Å². The Labute approximate surface area is 153 Å². The summed E-state index contributed by atoms with van der Waals surface area (Å²) in [5.41, 5.74) is 4.50. The summed E-state index contributed by atoms with van der Waals surface area (Å²) in [5.74, 6) is -0.416. The summed E-state index contributed by atoms with van der Waals surface area (Å²) in [6.07, 6.45) is 1.62. The number of nitrogens with zero attached hydrogens (tertiary/aromatic N) is 2. The maximum absolute atomic E-state index is 12.5. The highest BCUT2D eigenvalue weighted by Crippen LogP contribution is 2.20. The lowest BCUT2D eigenvalue weighted by Gasteiger charge is -2.10. The normalized spacial score (nSPS) is 11.0. The van der Waals surface area contributed by atoms with Crippen LogP contribution < -0.4 is 5.32 Å². The summed E-state index contributed by atoms with van der Waals surface area (Å²) in [7, 11) is 0. The molecule has 1 aromatic heterocycles. The van der Waals surface area contributed by atoms with Gasteiger partial charge in [-0.3, -0.25) is 4.79 Å². The maximum Gasteiger partial charge on any atom is 0.266 e. The number of benzene rings is 2. The first kappa shape index (κ1) is 17.2. The van der Waals surface area contributed by atoms with Crippen molar-refractivity contribution in [2.75, 3.05) is 5.32 Å². The van der Waals surface area contributed by atoms with Gasteiger partial charge in [0.2, 0.25) is 0 Å². The van der Waals surface area contributed by atoms with Crippen molar-refractivity contribution in [2.45, 2.75) is 13.8 Å². The number of para-hydroxylation sites is 2. The molecule has 0 radical (unpaired) electrons. The number of aromatic nitrogens is 1. The number of aryl methyl sites for hydroxylation is 2. The predicted octanol–water partition coefficient (Wildman–Crippen LogP) is 4.64. The van der Waals surface area contributed by atoms with Crippen molar-refractivity contribution >= 4 is 17.7 Å². The Morgan fingerprint density at radius 3 is 2.38 bits per heavy atom. The average Bonchev–Trinajstić information content (AvgIpc) is 3.02. The van der Waals surface area contributed by atoms with E-state index < -0.39 is 5.91 Å². The van der Waals surface area contributed by atoms with Crippen molar-refractivity contribution in [3.63, 3.8) is 0 Å². The highest BCUT2D eigenvalue weighted by molar-refractivity contribution is 6.09. The van der Waals surface area contributed by atoms with Crippen LogP contribution in [0.4, 0.5) is 5.69 Å². The van der Waals surface area contributed by atoms with Crippen molar-refractivity contribution in [3.8, 4) is 11.8 Å². The van der Waals surface area contributed by atoms with Crippen LogP contribution in [0.1, 0.15) is 17.0 Å². The van der Waals surface area contributed by atoms with Crippen molar-refractivity contribution in [3.05, 3.63) is 89.3 Å². The van der Waals surface area contributed by atoms with Gasteiger partial charge in [0, 0.05) is 22.8 Å². The zero-order valence-electron chi connectivity index (χ0n) is 14.7. The molecule has 0 aliphatic heterocycles. The van der Waals surface area contributed by atoms with Crippen molar-refractivity contribution in [2.24, 2.45) is 0 Å². The van der Waals surface area contributed by atoms with Crippen molar-refractivity contribution in [1.82, 2.24) is 4.57 Å². The van der Waals surface area contributed by atoms with Gasteiger partial charge in [-0.1, -0.05) is 36.4 Å². The SMILES string of the molecule is Cc1ccccc1NC(=O)/C(C#N)=C\c1ccc(C)n1-c1ccccc1. The molecule has 0 saturated heterocycles. The molecule has 0 atom stereocenters. The molecular formula is C22H19N3O. The zero-order chi connectivity index (χ0) is 18.5. The van der Waals surface area contributed by atoms with E-state index in [9.17, 15) is 10.1 Å². The van der Waals surface area contributed by atoms with Crippen LogP contribution in [0.2, 0.25) is 0 Å². The Hall–Kier alpha value is -3.58. The number of carbonyl (C=O) groups is 1. The molecule has 0 spiro atoms. The van der Waals surface area contributed by atoms with Gasteiger partial charge < -0.3 is 9.88 Å². The smallest absolute Gasteiger partial charge is 0.266 e. The molecule has 0 aliphatic rings. The lowest BCUT2D eigenvalue weighted by Crippen LogP contribution is -2.14. The second kappa shape index (κ2) is 7.54. The van der Waals surface area contributed by atoms with Crippen LogP contribution in [0.5, 0.6) is 0 Å². The van der Waals surface area contributed by atoms with Crippen LogP contribution in [0.3, 0.4) is 0 Å². The Bertz CT molecular complexity index is 1010. The summed E-state index contributed by atoms with van der Waals surface area (Å²) in [6.45, 7) is 3.90. The molecular weight excluding hydrogens is 322 g/mol. The summed E-state index contributed by atoms with van der Waals surface area (Å²) in [6, 6.07) is 23.2. The fourth-order valence-electron chi connectivity index (χ4n) is 2.80. The highest BCUT2D eigenvalue weighted by atomic mass is 16.1. The van der Waals surface area contributed by atoms with Gasteiger partial charge in [-0.2, -0.15) is 5.26 Å². The zero-order valence-corrected chi connectivity index (χ0v) is 14.7. The molecule has 3 rings (SSSR count). The first-order valence-electron chi connectivity index (χ1n) is 8.32. The third kappa shape index (κ3) is 3.57. The summed E-state index contributed by atoms with van der Waals surface area (Å²) in [4.78, 5) is 12.5. The third-order valence-corrected chi connectivity index (χ3v) is 4.17. The Kier molecular flexibility index (Phi) is 5.00. The molecule has 0 saturated carbocycles. The molecule has 0 bridgehead atoms. The van der Waals surface area contributed by atoms with E-state index in [4.69, 9.17) is 0 Å². The van der Waals surface area contributed by atoms with Crippen LogP contribution in [-0.4, -0.2) is 10.5 Å². The molecule has 0 fully saturated rings. The summed E-state index contributed by atoms with van der Waals surface area (Å²) < 4.78 is 2.01. The molecule has 1 heterocycles. The van der Waals surface area contributed by atoms with E-state index in [-0.39, 0.29) is 5.57 Å². The monoisotopic (exact) mass is 341 g/mol. The third-order valence-electron chi connectivity index (χ3n) is 4.17. The largest absolute Gasteiger partial charge is 0.321 e. The van der Waals surface area contributed by atoms with E-state index in [1.807, 2.05) is 91.2 Å². The Morgan fingerprint density at radius 1 is 1.00 bits per heavy atom. The average molecular weight is 341 g/mol. The number of hydrogen-bond donors (Lipinski definition) is 1. The molecule has 26 heavy (non-hydrogen) atoms. The van der Waals surface area contributed by atoms with Gasteiger partial charge in [-0.25, -0.2) is 0 Å². The fourth-order valence-corrected chi connectivity index (χ4v) is 2.80. The number of hydrogen-bond acceptors (Lipinski definition) is 2. The number of anilines is 1. The first-order chi connectivity index (χ1) is 12.6. The van der Waals surface area contributed by atoms with Crippen LogP contribution in [0, 0.1) is 25.2 Å². The van der Waals surface area contributed by atoms with Gasteiger partial charge in [0.15, 0.2) is 0 Å². The number of rotatable bonds is 4. The summed E-state index contributed by atoms with van der Waals surface area (Å²) in [5, 5.41) is 12.3.